The summed E-state index contributed by atoms with van der Waals surface area (Å²) < 4.78 is 0. The van der Waals surface area contributed by atoms with E-state index in [1.54, 1.807) is 0 Å². The van der Waals surface area contributed by atoms with Gasteiger partial charge in [0.05, 0.1) is 6.20 Å². The highest BCUT2D eigenvalue weighted by Gasteiger charge is 2.27. The van der Waals surface area contributed by atoms with Crippen LogP contribution in [0.2, 0.25) is 0 Å². The zero-order valence-electron chi connectivity index (χ0n) is 10.00. The first kappa shape index (κ1) is 12.0. The van der Waals surface area contributed by atoms with Crippen LogP contribution in [0.15, 0.2) is 35.6 Å². The Labute approximate surface area is 113 Å². The van der Waals surface area contributed by atoms with Crippen LogP contribution in [-0.2, 0) is 0 Å². The van der Waals surface area contributed by atoms with E-state index in [9.17, 15) is 9.70 Å². The van der Waals surface area contributed by atoms with Crippen molar-refractivity contribution in [1.29, 1.82) is 0 Å². The van der Waals surface area contributed by atoms with Gasteiger partial charge in [0.15, 0.2) is 10.1 Å². The lowest BCUT2D eigenvalue weighted by Crippen LogP contribution is -2.13. The van der Waals surface area contributed by atoms with Crippen molar-refractivity contribution in [2.24, 2.45) is 5.18 Å². The second-order valence-corrected chi connectivity index (χ2v) is 5.42. The number of thiazole rings is 1. The molecule has 1 aliphatic carbocycles. The topological polar surface area (TPSA) is 71.4 Å². The molecule has 1 fully saturated rings. The highest BCUT2D eigenvalue weighted by atomic mass is 32.1. The van der Waals surface area contributed by atoms with E-state index in [0.29, 0.717) is 16.6 Å². The number of nitrogens with zero attached hydrogens (tertiary/aromatic N) is 2. The minimum absolute atomic E-state index is 0.186. The molecule has 2 aromatic rings. The molecule has 1 heterocycles. The van der Waals surface area contributed by atoms with Gasteiger partial charge in [-0.25, -0.2) is 4.98 Å². The van der Waals surface area contributed by atoms with Crippen molar-refractivity contribution in [3.63, 3.8) is 0 Å². The number of hydrogen-bond acceptors (Lipinski definition) is 5. The number of rotatable bonds is 4. The van der Waals surface area contributed by atoms with Crippen LogP contribution >= 0.6 is 11.3 Å². The third-order valence-corrected chi connectivity index (χ3v) is 3.82. The molecule has 1 aromatic heterocycles. The zero-order valence-corrected chi connectivity index (χ0v) is 10.8. The molecule has 1 N–H and O–H groups in total. The molecule has 0 unspecified atom stereocenters. The van der Waals surface area contributed by atoms with E-state index >= 15 is 0 Å². The third kappa shape index (κ3) is 2.53. The van der Waals surface area contributed by atoms with E-state index in [1.165, 1.54) is 6.20 Å². The van der Waals surface area contributed by atoms with Crippen LogP contribution in [0.3, 0.4) is 0 Å². The fourth-order valence-electron chi connectivity index (χ4n) is 1.98. The molecular weight excluding hydrogens is 262 g/mol. The largest absolute Gasteiger partial charge is 0.298 e. The first-order valence-electron chi connectivity index (χ1n) is 5.97. The molecule has 3 rings (SSSR count). The molecule has 1 aromatic carbocycles. The standard InChI is InChI=1S/C13H11N3O2S/c17-12(15-13-14-7-11(16-18)19-13)10-4-2-1-3-9(10)8-5-6-8/h1-4,7-8H,5-6H2,(H,14,15,17). The summed E-state index contributed by atoms with van der Waals surface area (Å²) >= 11 is 1.06. The number of nitroso groups, excluding NO2 is 1. The van der Waals surface area contributed by atoms with Crippen molar-refractivity contribution in [3.8, 4) is 0 Å². The van der Waals surface area contributed by atoms with Crippen molar-refractivity contribution in [1.82, 2.24) is 4.98 Å². The summed E-state index contributed by atoms with van der Waals surface area (Å²) in [5.41, 5.74) is 1.77. The first-order valence-corrected chi connectivity index (χ1v) is 6.79. The van der Waals surface area contributed by atoms with Gasteiger partial charge >= 0.3 is 0 Å². The summed E-state index contributed by atoms with van der Waals surface area (Å²) in [6.45, 7) is 0. The predicted octanol–water partition coefficient (Wildman–Crippen LogP) is 3.67. The Morgan fingerprint density at radius 1 is 1.37 bits per heavy atom. The molecule has 1 aliphatic rings. The van der Waals surface area contributed by atoms with Crippen LogP contribution in [0.4, 0.5) is 10.1 Å². The van der Waals surface area contributed by atoms with Gasteiger partial charge in [0, 0.05) is 5.56 Å². The van der Waals surface area contributed by atoms with Gasteiger partial charge in [-0.1, -0.05) is 29.5 Å². The smallest absolute Gasteiger partial charge is 0.257 e. The molecule has 0 spiro atoms. The summed E-state index contributed by atoms with van der Waals surface area (Å²) in [5.74, 6) is 0.319. The van der Waals surface area contributed by atoms with Crippen molar-refractivity contribution in [3.05, 3.63) is 46.5 Å². The van der Waals surface area contributed by atoms with E-state index < -0.39 is 0 Å². The Kier molecular flexibility index (Phi) is 3.08. The molecule has 0 radical (unpaired) electrons. The van der Waals surface area contributed by atoms with Crippen LogP contribution in [0.25, 0.3) is 0 Å². The van der Waals surface area contributed by atoms with Crippen LogP contribution in [0, 0.1) is 4.91 Å². The second-order valence-electron chi connectivity index (χ2n) is 4.41. The van der Waals surface area contributed by atoms with E-state index in [4.69, 9.17) is 0 Å². The highest BCUT2D eigenvalue weighted by molar-refractivity contribution is 7.19. The SMILES string of the molecule is O=Nc1cnc(NC(=O)c2ccccc2C2CC2)s1. The van der Waals surface area contributed by atoms with E-state index in [-0.39, 0.29) is 10.9 Å². The minimum Gasteiger partial charge on any atom is -0.298 e. The number of amides is 1. The first-order chi connectivity index (χ1) is 9.28. The lowest BCUT2D eigenvalue weighted by atomic mass is 10.0. The average molecular weight is 273 g/mol. The molecule has 0 saturated heterocycles. The molecule has 96 valence electrons. The number of nitrogens with one attached hydrogen (secondary N) is 1. The zero-order chi connectivity index (χ0) is 13.2. The highest BCUT2D eigenvalue weighted by Crippen LogP contribution is 2.41. The van der Waals surface area contributed by atoms with Gasteiger partial charge in [0.2, 0.25) is 0 Å². The number of carbonyl (C=O) groups excluding carboxylic acids is 1. The van der Waals surface area contributed by atoms with Gasteiger partial charge in [0.25, 0.3) is 5.91 Å². The maximum Gasteiger partial charge on any atom is 0.257 e. The third-order valence-electron chi connectivity index (χ3n) is 3.03. The van der Waals surface area contributed by atoms with E-state index in [1.807, 2.05) is 24.3 Å². The van der Waals surface area contributed by atoms with Crippen LogP contribution in [0.1, 0.15) is 34.7 Å². The average Bonchev–Trinajstić information content (AvgIpc) is 3.19. The number of carbonyl (C=O) groups is 1. The maximum atomic E-state index is 12.2. The minimum atomic E-state index is -0.186. The van der Waals surface area contributed by atoms with Gasteiger partial charge in [-0.3, -0.25) is 10.1 Å². The summed E-state index contributed by atoms with van der Waals surface area (Å²) in [4.78, 5) is 26.5. The van der Waals surface area contributed by atoms with Gasteiger partial charge in [-0.2, -0.15) is 0 Å². The molecule has 19 heavy (non-hydrogen) atoms. The normalized spacial score (nSPS) is 14.1. The lowest BCUT2D eigenvalue weighted by Gasteiger charge is -2.07. The van der Waals surface area contributed by atoms with Crippen LogP contribution < -0.4 is 5.32 Å². The Morgan fingerprint density at radius 2 is 2.16 bits per heavy atom. The monoisotopic (exact) mass is 273 g/mol. The fraction of sp³-hybridized carbons (Fsp3) is 0.231. The van der Waals surface area contributed by atoms with Gasteiger partial charge in [-0.15, -0.1) is 4.91 Å². The summed E-state index contributed by atoms with van der Waals surface area (Å²) in [6, 6.07) is 7.60. The van der Waals surface area contributed by atoms with Crippen molar-refractivity contribution in [2.75, 3.05) is 5.32 Å². The summed E-state index contributed by atoms with van der Waals surface area (Å²) in [6.07, 6.45) is 3.63. The fourth-order valence-corrected chi connectivity index (χ4v) is 2.57. The molecule has 0 aliphatic heterocycles. The van der Waals surface area contributed by atoms with Gasteiger partial charge in [0.1, 0.15) is 0 Å². The number of hydrogen-bond donors (Lipinski definition) is 1. The number of benzene rings is 1. The summed E-state index contributed by atoms with van der Waals surface area (Å²) in [5, 5.41) is 6.14. The van der Waals surface area contributed by atoms with E-state index in [2.05, 4.69) is 15.5 Å². The van der Waals surface area contributed by atoms with Gasteiger partial charge < -0.3 is 0 Å². The maximum absolute atomic E-state index is 12.2. The van der Waals surface area contributed by atoms with Crippen molar-refractivity contribution in [2.45, 2.75) is 18.8 Å². The van der Waals surface area contributed by atoms with Crippen molar-refractivity contribution < 1.29 is 4.79 Å². The molecule has 0 bridgehead atoms. The number of anilines is 1. The Hall–Kier alpha value is -2.08. The molecule has 1 saturated carbocycles. The number of aromatic nitrogens is 1. The van der Waals surface area contributed by atoms with Crippen LogP contribution in [0.5, 0.6) is 0 Å². The quantitative estimate of drug-likeness (QED) is 0.864. The Bertz CT molecular complexity index is 634. The molecule has 5 nitrogen and oxygen atoms in total. The Morgan fingerprint density at radius 3 is 2.84 bits per heavy atom. The lowest BCUT2D eigenvalue weighted by molar-refractivity contribution is 0.102. The predicted molar refractivity (Wildman–Crippen MR) is 73.9 cm³/mol. The van der Waals surface area contributed by atoms with Crippen LogP contribution in [-0.4, -0.2) is 10.9 Å². The Balaban J connectivity index is 1.82. The van der Waals surface area contributed by atoms with Gasteiger partial charge in [-0.05, 0) is 35.6 Å². The second kappa shape index (κ2) is 4.89. The summed E-state index contributed by atoms with van der Waals surface area (Å²) in [7, 11) is 0. The molecule has 1 amide bonds. The van der Waals surface area contributed by atoms with E-state index in [0.717, 1.165) is 29.7 Å². The molecule has 0 atom stereocenters. The molecular formula is C13H11N3O2S. The van der Waals surface area contributed by atoms with Crippen molar-refractivity contribution >= 4 is 27.4 Å². The molecule has 6 heteroatoms.